The van der Waals surface area contributed by atoms with Gasteiger partial charge in [-0.15, -0.1) is 0 Å². The molecule has 0 bridgehead atoms. The van der Waals surface area contributed by atoms with Crippen LogP contribution in [0.1, 0.15) is 38.1 Å². The topological polar surface area (TPSA) is 62.2 Å². The lowest BCUT2D eigenvalue weighted by atomic mass is 10.0. The second kappa shape index (κ2) is 3.67. The minimum atomic E-state index is -1.18. The van der Waals surface area contributed by atoms with Crippen molar-refractivity contribution in [1.29, 1.82) is 0 Å². The van der Waals surface area contributed by atoms with Crippen LogP contribution in [0, 0.1) is 16.6 Å². The molecule has 18 heavy (non-hydrogen) atoms. The fraction of sp³-hybridized carbons (Fsp3) is 0.538. The first kappa shape index (κ1) is 12.8. The number of hydrogen-bond acceptors (Lipinski definition) is 3. The summed E-state index contributed by atoms with van der Waals surface area (Å²) in [5.74, 6) is -1.60. The third-order valence-corrected chi connectivity index (χ3v) is 4.39. The van der Waals surface area contributed by atoms with Crippen LogP contribution in [-0.2, 0) is 0 Å². The van der Waals surface area contributed by atoms with E-state index >= 15 is 0 Å². The summed E-state index contributed by atoms with van der Waals surface area (Å²) in [6.07, 6.45) is 1.02. The molecule has 1 aromatic rings. The van der Waals surface area contributed by atoms with Gasteiger partial charge in [-0.05, 0) is 16.9 Å². The van der Waals surface area contributed by atoms with Crippen molar-refractivity contribution < 1.29 is 14.3 Å². The largest absolute Gasteiger partial charge is 0.478 e. The molecular weight excluding hydrogens is 235 g/mol. The first-order valence-electron chi connectivity index (χ1n) is 5.83. The Morgan fingerprint density at radius 1 is 1.39 bits per heavy atom. The Labute approximate surface area is 105 Å². The monoisotopic (exact) mass is 252 g/mol. The predicted molar refractivity (Wildman–Crippen MR) is 66.1 cm³/mol. The lowest BCUT2D eigenvalue weighted by Crippen LogP contribution is -2.15. The average Bonchev–Trinajstić information content (AvgIpc) is 2.62. The molecule has 0 spiro atoms. The highest BCUT2D eigenvalue weighted by atomic mass is 19.1. The number of pyridine rings is 1. The molecule has 98 valence electrons. The maximum absolute atomic E-state index is 13.0. The van der Waals surface area contributed by atoms with Gasteiger partial charge in [-0.25, -0.2) is 14.2 Å². The molecule has 1 heterocycles. The van der Waals surface area contributed by atoms with E-state index < -0.39 is 11.8 Å². The van der Waals surface area contributed by atoms with Crippen LogP contribution in [0.2, 0.25) is 0 Å². The Kier molecular flexibility index (Phi) is 2.61. The third kappa shape index (κ3) is 1.74. The Balaban J connectivity index is 2.29. The summed E-state index contributed by atoms with van der Waals surface area (Å²) >= 11 is 0. The molecule has 2 rings (SSSR count). The number of aromatic carboxylic acids is 1. The van der Waals surface area contributed by atoms with Crippen molar-refractivity contribution in [2.75, 3.05) is 5.32 Å². The van der Waals surface area contributed by atoms with Crippen LogP contribution in [0.25, 0.3) is 0 Å². The summed E-state index contributed by atoms with van der Waals surface area (Å²) in [7, 11) is 0. The van der Waals surface area contributed by atoms with E-state index in [0.29, 0.717) is 0 Å². The normalized spacial score (nSPS) is 20.5. The van der Waals surface area contributed by atoms with Crippen molar-refractivity contribution in [3.8, 4) is 0 Å². The summed E-state index contributed by atoms with van der Waals surface area (Å²) in [4.78, 5) is 14.9. The number of halogens is 1. The Hall–Kier alpha value is -1.65. The highest BCUT2D eigenvalue weighted by Crippen LogP contribution is 2.63. The van der Waals surface area contributed by atoms with Crippen molar-refractivity contribution >= 4 is 11.8 Å². The quantitative estimate of drug-likeness (QED) is 0.868. The Morgan fingerprint density at radius 2 is 1.94 bits per heavy atom. The molecule has 0 atom stereocenters. The van der Waals surface area contributed by atoms with Crippen molar-refractivity contribution in [2.24, 2.45) is 10.8 Å². The molecule has 0 aliphatic heterocycles. The van der Waals surface area contributed by atoms with Crippen LogP contribution < -0.4 is 5.32 Å². The summed E-state index contributed by atoms with van der Waals surface area (Å²) in [6, 6.07) is 1.11. The maximum atomic E-state index is 13.0. The summed E-state index contributed by atoms with van der Waals surface area (Å²) < 4.78 is 13.0. The maximum Gasteiger partial charge on any atom is 0.339 e. The van der Waals surface area contributed by atoms with Gasteiger partial charge in [0.05, 0.1) is 6.20 Å². The summed E-state index contributed by atoms with van der Waals surface area (Å²) in [5, 5.41) is 12.2. The van der Waals surface area contributed by atoms with Crippen molar-refractivity contribution in [1.82, 2.24) is 4.98 Å². The first-order valence-corrected chi connectivity index (χ1v) is 5.83. The first-order chi connectivity index (χ1) is 8.18. The van der Waals surface area contributed by atoms with Gasteiger partial charge in [-0.3, -0.25) is 0 Å². The van der Waals surface area contributed by atoms with E-state index in [1.165, 1.54) is 0 Å². The predicted octanol–water partition coefficient (Wildman–Crippen LogP) is 2.77. The van der Waals surface area contributed by atoms with E-state index in [0.717, 1.165) is 12.3 Å². The SMILES string of the molecule is CC1(C)C(Nc2ncc(F)cc2C(=O)O)C1(C)C. The van der Waals surface area contributed by atoms with Gasteiger partial charge in [0.15, 0.2) is 0 Å². The lowest BCUT2D eigenvalue weighted by Gasteiger charge is -2.10. The zero-order valence-corrected chi connectivity index (χ0v) is 10.9. The van der Waals surface area contributed by atoms with Gasteiger partial charge in [-0.2, -0.15) is 0 Å². The zero-order valence-electron chi connectivity index (χ0n) is 10.9. The molecule has 0 radical (unpaired) electrons. The van der Waals surface area contributed by atoms with Gasteiger partial charge in [0.1, 0.15) is 17.2 Å². The number of carbonyl (C=O) groups is 1. The highest BCUT2D eigenvalue weighted by molar-refractivity contribution is 5.93. The number of nitrogens with zero attached hydrogens (tertiary/aromatic N) is 1. The molecule has 1 aliphatic carbocycles. The van der Waals surface area contributed by atoms with Crippen LogP contribution in [0.3, 0.4) is 0 Å². The molecule has 1 fully saturated rings. The van der Waals surface area contributed by atoms with E-state index in [9.17, 15) is 9.18 Å². The summed E-state index contributed by atoms with van der Waals surface area (Å²) in [5.41, 5.74) is -0.0222. The molecule has 5 heteroatoms. The van der Waals surface area contributed by atoms with Gasteiger partial charge < -0.3 is 10.4 Å². The molecule has 1 aliphatic rings. The molecule has 0 unspecified atom stereocenters. The van der Waals surface area contributed by atoms with Crippen molar-refractivity contribution in [3.63, 3.8) is 0 Å². The Morgan fingerprint density at radius 3 is 2.39 bits per heavy atom. The van der Waals surface area contributed by atoms with E-state index in [4.69, 9.17) is 5.11 Å². The van der Waals surface area contributed by atoms with Gasteiger partial charge in [-0.1, -0.05) is 27.7 Å². The van der Waals surface area contributed by atoms with Crippen LogP contribution in [-0.4, -0.2) is 22.1 Å². The van der Waals surface area contributed by atoms with Crippen LogP contribution >= 0.6 is 0 Å². The smallest absolute Gasteiger partial charge is 0.339 e. The summed E-state index contributed by atoms with van der Waals surface area (Å²) in [6.45, 7) is 8.42. The molecule has 1 saturated carbocycles. The molecular formula is C13H17FN2O2. The molecule has 0 saturated heterocycles. The second-order valence-corrected chi connectivity index (χ2v) is 5.88. The van der Waals surface area contributed by atoms with E-state index in [2.05, 4.69) is 38.0 Å². The molecule has 0 amide bonds. The fourth-order valence-corrected chi connectivity index (χ4v) is 2.41. The fourth-order valence-electron chi connectivity index (χ4n) is 2.41. The number of anilines is 1. The minimum Gasteiger partial charge on any atom is -0.478 e. The number of carboxylic acid groups (broad SMARTS) is 1. The van der Waals surface area contributed by atoms with Crippen LogP contribution in [0.4, 0.5) is 10.2 Å². The van der Waals surface area contributed by atoms with Crippen LogP contribution in [0.5, 0.6) is 0 Å². The number of rotatable bonds is 3. The molecule has 2 N–H and O–H groups in total. The van der Waals surface area contributed by atoms with E-state index in [-0.39, 0.29) is 28.3 Å². The third-order valence-electron chi connectivity index (χ3n) is 4.39. The van der Waals surface area contributed by atoms with Crippen LogP contribution in [0.15, 0.2) is 12.3 Å². The highest BCUT2D eigenvalue weighted by Gasteiger charge is 2.65. The second-order valence-electron chi connectivity index (χ2n) is 5.88. The number of nitrogens with one attached hydrogen (secondary N) is 1. The zero-order chi connectivity index (χ0) is 13.7. The van der Waals surface area contributed by atoms with Crippen molar-refractivity contribution in [2.45, 2.75) is 33.7 Å². The molecule has 0 aromatic carbocycles. The van der Waals surface area contributed by atoms with Gasteiger partial charge in [0.25, 0.3) is 0 Å². The lowest BCUT2D eigenvalue weighted by molar-refractivity contribution is 0.0697. The van der Waals surface area contributed by atoms with E-state index in [1.807, 2.05) is 0 Å². The number of carboxylic acids is 1. The number of hydrogen-bond donors (Lipinski definition) is 2. The van der Waals surface area contributed by atoms with Gasteiger partial charge >= 0.3 is 5.97 Å². The van der Waals surface area contributed by atoms with E-state index in [1.54, 1.807) is 0 Å². The Bertz CT molecular complexity index is 498. The van der Waals surface area contributed by atoms with Crippen molar-refractivity contribution in [3.05, 3.63) is 23.6 Å². The standard InChI is InChI=1S/C13H17FN2O2/c1-12(2)11(13(12,3)4)16-9-8(10(17)18)5-7(14)6-15-9/h5-6,11H,1-4H3,(H,15,16)(H,17,18). The minimum absolute atomic E-state index is 0.0544. The number of aromatic nitrogens is 1. The van der Waals surface area contributed by atoms with Gasteiger partial charge in [0, 0.05) is 6.04 Å². The van der Waals surface area contributed by atoms with Gasteiger partial charge in [0.2, 0.25) is 0 Å². The molecule has 4 nitrogen and oxygen atoms in total. The average molecular weight is 252 g/mol. The molecule has 1 aromatic heterocycles.